The zero-order valence-electron chi connectivity index (χ0n) is 8.56. The number of nitrogen functional groups attached to an aromatic ring is 1. The number of rotatable bonds is 1. The summed E-state index contributed by atoms with van der Waals surface area (Å²) in [5.41, 5.74) is 7.61. The monoisotopic (exact) mass is 202 g/mol. The van der Waals surface area contributed by atoms with Crippen molar-refractivity contribution in [2.75, 3.05) is 23.7 Å². The van der Waals surface area contributed by atoms with Crippen molar-refractivity contribution < 1.29 is 0 Å². The van der Waals surface area contributed by atoms with E-state index in [4.69, 9.17) is 11.0 Å². The molecule has 4 heteroatoms. The largest absolute Gasteiger partial charge is 0.396 e. The lowest BCUT2D eigenvalue weighted by atomic mass is 9.98. The van der Waals surface area contributed by atoms with Crippen LogP contribution in [0, 0.1) is 17.2 Å². The minimum atomic E-state index is 0.212. The zero-order valence-corrected chi connectivity index (χ0v) is 8.56. The first-order valence-electron chi connectivity index (χ1n) is 5.15. The summed E-state index contributed by atoms with van der Waals surface area (Å²) in [4.78, 5) is 6.19. The average Bonchev–Trinajstić information content (AvgIpc) is 2.30. The summed E-state index contributed by atoms with van der Waals surface area (Å²) in [6.45, 7) is 1.82. The van der Waals surface area contributed by atoms with Crippen LogP contribution in [0.3, 0.4) is 0 Å². The smallest absolute Gasteiger partial charge is 0.0738 e. The Balaban J connectivity index is 2.08. The molecule has 1 fully saturated rings. The highest BCUT2D eigenvalue weighted by molar-refractivity contribution is 5.66. The third-order valence-electron chi connectivity index (χ3n) is 2.85. The summed E-state index contributed by atoms with van der Waals surface area (Å²) in [7, 11) is 0. The number of hydrogen-bond acceptors (Lipinski definition) is 4. The van der Waals surface area contributed by atoms with Gasteiger partial charge in [0.15, 0.2) is 0 Å². The molecule has 0 atom stereocenters. The Morgan fingerprint density at radius 1 is 1.47 bits per heavy atom. The number of anilines is 2. The molecule has 0 aliphatic carbocycles. The number of nitrogens with two attached hydrogens (primary N) is 1. The number of hydrogen-bond donors (Lipinski definition) is 1. The van der Waals surface area contributed by atoms with Crippen LogP contribution in [0.5, 0.6) is 0 Å². The summed E-state index contributed by atoms with van der Waals surface area (Å²) in [6, 6.07) is 4.25. The number of nitriles is 1. The Morgan fingerprint density at radius 3 is 2.80 bits per heavy atom. The Hall–Kier alpha value is -1.76. The van der Waals surface area contributed by atoms with Crippen molar-refractivity contribution in [2.45, 2.75) is 12.8 Å². The van der Waals surface area contributed by atoms with E-state index in [0.717, 1.165) is 31.6 Å². The van der Waals surface area contributed by atoms with Crippen LogP contribution in [0.25, 0.3) is 0 Å². The molecule has 0 aromatic carbocycles. The second kappa shape index (κ2) is 4.18. The van der Waals surface area contributed by atoms with E-state index >= 15 is 0 Å². The second-order valence-electron chi connectivity index (χ2n) is 3.82. The van der Waals surface area contributed by atoms with Crippen LogP contribution >= 0.6 is 0 Å². The molecule has 0 saturated carbocycles. The van der Waals surface area contributed by atoms with Crippen molar-refractivity contribution >= 4 is 11.4 Å². The molecule has 2 rings (SSSR count). The summed E-state index contributed by atoms with van der Waals surface area (Å²) in [6.07, 6.45) is 5.28. The fourth-order valence-electron chi connectivity index (χ4n) is 1.94. The van der Waals surface area contributed by atoms with E-state index in [0.29, 0.717) is 5.69 Å². The lowest BCUT2D eigenvalue weighted by molar-refractivity contribution is 0.488. The van der Waals surface area contributed by atoms with Gasteiger partial charge in [-0.2, -0.15) is 5.26 Å². The normalized spacial score (nSPS) is 17.4. The van der Waals surface area contributed by atoms with E-state index in [1.54, 1.807) is 12.4 Å². The molecule has 0 radical (unpaired) electrons. The molecule has 2 heterocycles. The van der Waals surface area contributed by atoms with Crippen molar-refractivity contribution in [1.82, 2.24) is 4.98 Å². The summed E-state index contributed by atoms with van der Waals surface area (Å²) >= 11 is 0. The Bertz CT molecular complexity index is 374. The zero-order chi connectivity index (χ0) is 10.7. The molecular weight excluding hydrogens is 188 g/mol. The Labute approximate surface area is 89.3 Å². The average molecular weight is 202 g/mol. The maximum atomic E-state index is 8.80. The first-order valence-corrected chi connectivity index (χ1v) is 5.15. The van der Waals surface area contributed by atoms with Gasteiger partial charge in [-0.15, -0.1) is 0 Å². The molecule has 1 saturated heterocycles. The summed E-state index contributed by atoms with van der Waals surface area (Å²) < 4.78 is 0. The van der Waals surface area contributed by atoms with E-state index in [2.05, 4.69) is 16.0 Å². The van der Waals surface area contributed by atoms with E-state index in [1.807, 2.05) is 6.07 Å². The third kappa shape index (κ3) is 2.01. The van der Waals surface area contributed by atoms with Gasteiger partial charge >= 0.3 is 0 Å². The molecule has 0 unspecified atom stereocenters. The lowest BCUT2D eigenvalue weighted by Crippen LogP contribution is -2.33. The van der Waals surface area contributed by atoms with Gasteiger partial charge in [0.2, 0.25) is 0 Å². The Kier molecular flexibility index (Phi) is 2.72. The first-order chi connectivity index (χ1) is 7.31. The standard InChI is InChI=1S/C11H14N4/c12-7-9-2-5-15(6-3-9)11-1-4-14-8-10(11)13/h1,4,8-9H,2-3,5-6,13H2. The van der Waals surface area contributed by atoms with Gasteiger partial charge in [-0.3, -0.25) is 4.98 Å². The van der Waals surface area contributed by atoms with Crippen LogP contribution in [0.1, 0.15) is 12.8 Å². The fourth-order valence-corrected chi connectivity index (χ4v) is 1.94. The lowest BCUT2D eigenvalue weighted by Gasteiger charge is -2.31. The topological polar surface area (TPSA) is 65.9 Å². The van der Waals surface area contributed by atoms with Crippen molar-refractivity contribution in [2.24, 2.45) is 5.92 Å². The van der Waals surface area contributed by atoms with Gasteiger partial charge in [0.25, 0.3) is 0 Å². The highest BCUT2D eigenvalue weighted by Gasteiger charge is 2.19. The van der Waals surface area contributed by atoms with Crippen molar-refractivity contribution in [3.8, 4) is 6.07 Å². The van der Waals surface area contributed by atoms with Gasteiger partial charge in [-0.25, -0.2) is 0 Å². The van der Waals surface area contributed by atoms with Crippen LogP contribution in [-0.4, -0.2) is 18.1 Å². The van der Waals surface area contributed by atoms with E-state index in [1.165, 1.54) is 0 Å². The molecule has 0 spiro atoms. The molecule has 0 bridgehead atoms. The predicted molar refractivity (Wildman–Crippen MR) is 59.2 cm³/mol. The molecule has 4 nitrogen and oxygen atoms in total. The molecule has 1 aliphatic heterocycles. The van der Waals surface area contributed by atoms with Gasteiger partial charge in [0.1, 0.15) is 0 Å². The van der Waals surface area contributed by atoms with Gasteiger partial charge < -0.3 is 10.6 Å². The number of piperidine rings is 1. The molecule has 1 aromatic rings. The van der Waals surface area contributed by atoms with Gasteiger partial charge in [0.05, 0.1) is 23.6 Å². The molecule has 15 heavy (non-hydrogen) atoms. The number of pyridine rings is 1. The predicted octanol–water partition coefficient (Wildman–Crippen LogP) is 1.40. The van der Waals surface area contributed by atoms with Crippen molar-refractivity contribution in [1.29, 1.82) is 5.26 Å². The van der Waals surface area contributed by atoms with Crippen molar-refractivity contribution in [3.63, 3.8) is 0 Å². The van der Waals surface area contributed by atoms with E-state index in [9.17, 15) is 0 Å². The molecular formula is C11H14N4. The summed E-state index contributed by atoms with van der Waals surface area (Å²) in [5, 5.41) is 8.80. The van der Waals surface area contributed by atoms with Gasteiger partial charge in [0, 0.05) is 25.2 Å². The quantitative estimate of drug-likeness (QED) is 0.747. The van der Waals surface area contributed by atoms with Crippen LogP contribution in [0.15, 0.2) is 18.5 Å². The van der Waals surface area contributed by atoms with E-state index in [-0.39, 0.29) is 5.92 Å². The second-order valence-corrected chi connectivity index (χ2v) is 3.82. The third-order valence-corrected chi connectivity index (χ3v) is 2.85. The van der Waals surface area contributed by atoms with Crippen LogP contribution in [0.2, 0.25) is 0 Å². The molecule has 0 amide bonds. The first kappa shape index (κ1) is 9.78. The fraction of sp³-hybridized carbons (Fsp3) is 0.455. The van der Waals surface area contributed by atoms with Gasteiger partial charge in [-0.1, -0.05) is 0 Å². The highest BCUT2D eigenvalue weighted by Crippen LogP contribution is 2.26. The molecule has 1 aliphatic rings. The van der Waals surface area contributed by atoms with Crippen molar-refractivity contribution in [3.05, 3.63) is 18.5 Å². The highest BCUT2D eigenvalue weighted by atomic mass is 15.1. The number of aromatic nitrogens is 1. The van der Waals surface area contributed by atoms with E-state index < -0.39 is 0 Å². The Morgan fingerprint density at radius 2 is 2.20 bits per heavy atom. The molecule has 1 aromatic heterocycles. The summed E-state index contributed by atoms with van der Waals surface area (Å²) in [5.74, 6) is 0.212. The van der Waals surface area contributed by atoms with Crippen LogP contribution in [-0.2, 0) is 0 Å². The number of nitrogens with zero attached hydrogens (tertiary/aromatic N) is 3. The maximum absolute atomic E-state index is 8.80. The minimum Gasteiger partial charge on any atom is -0.396 e. The minimum absolute atomic E-state index is 0.212. The SMILES string of the molecule is N#CC1CCN(c2ccncc2N)CC1. The van der Waals surface area contributed by atoms with Crippen LogP contribution in [0.4, 0.5) is 11.4 Å². The molecule has 78 valence electrons. The maximum Gasteiger partial charge on any atom is 0.0738 e. The van der Waals surface area contributed by atoms with Crippen LogP contribution < -0.4 is 10.6 Å². The molecule has 2 N–H and O–H groups in total. The van der Waals surface area contributed by atoms with Gasteiger partial charge in [-0.05, 0) is 18.9 Å².